The molecule has 2 rings (SSSR count). The fourth-order valence-corrected chi connectivity index (χ4v) is 5.29. The first-order chi connectivity index (χ1) is 10.2. The molecule has 1 heterocycles. The molecule has 124 valence electrons. The van der Waals surface area contributed by atoms with Gasteiger partial charge in [0, 0.05) is 44.1 Å². The van der Waals surface area contributed by atoms with Crippen LogP contribution in [0.4, 0.5) is 0 Å². The fraction of sp³-hybridized carbons (Fsp3) is 1.00. The van der Waals surface area contributed by atoms with E-state index in [0.717, 1.165) is 6.04 Å². The van der Waals surface area contributed by atoms with Crippen molar-refractivity contribution >= 4 is 15.9 Å². The maximum absolute atomic E-state index is 3.83. The zero-order chi connectivity index (χ0) is 15.1. The summed E-state index contributed by atoms with van der Waals surface area (Å²) in [7, 11) is 0. The third kappa shape index (κ3) is 4.94. The molecular formula is C18H35BrN2. The highest BCUT2D eigenvalue weighted by Crippen LogP contribution is 2.34. The summed E-state index contributed by atoms with van der Waals surface area (Å²) in [6, 6.07) is 0.916. The van der Waals surface area contributed by atoms with Crippen LogP contribution in [0.15, 0.2) is 0 Å². The van der Waals surface area contributed by atoms with Crippen LogP contribution in [0.5, 0.6) is 0 Å². The van der Waals surface area contributed by atoms with Gasteiger partial charge in [0.25, 0.3) is 0 Å². The molecule has 0 spiro atoms. The van der Waals surface area contributed by atoms with E-state index in [0.29, 0.717) is 5.41 Å². The van der Waals surface area contributed by atoms with Crippen LogP contribution < -0.4 is 0 Å². The quantitative estimate of drug-likeness (QED) is 0.588. The van der Waals surface area contributed by atoms with Crippen molar-refractivity contribution in [3.8, 4) is 0 Å². The molecule has 0 aromatic carbocycles. The van der Waals surface area contributed by atoms with Crippen LogP contribution in [-0.4, -0.2) is 53.9 Å². The Morgan fingerprint density at radius 2 is 1.52 bits per heavy atom. The number of alkyl halides is 1. The van der Waals surface area contributed by atoms with E-state index in [1.807, 2.05) is 0 Å². The van der Waals surface area contributed by atoms with Gasteiger partial charge in [0.1, 0.15) is 0 Å². The number of rotatable bonds is 8. The van der Waals surface area contributed by atoms with Gasteiger partial charge in [-0.2, -0.15) is 0 Å². The number of hydrogen-bond donors (Lipinski definition) is 0. The van der Waals surface area contributed by atoms with Crippen molar-refractivity contribution in [2.24, 2.45) is 5.41 Å². The Morgan fingerprint density at radius 3 is 2.00 bits per heavy atom. The minimum absolute atomic E-state index is 0.513. The van der Waals surface area contributed by atoms with Crippen LogP contribution in [-0.2, 0) is 0 Å². The molecule has 0 amide bonds. The normalized spacial score (nSPS) is 23.0. The van der Waals surface area contributed by atoms with Gasteiger partial charge in [0.05, 0.1) is 0 Å². The third-order valence-electron chi connectivity index (χ3n) is 5.65. The molecule has 0 aromatic rings. The lowest BCUT2D eigenvalue weighted by atomic mass is 9.80. The van der Waals surface area contributed by atoms with Crippen LogP contribution in [0.3, 0.4) is 0 Å². The topological polar surface area (TPSA) is 6.48 Å². The average Bonchev–Trinajstić information content (AvgIpc) is 3.03. The minimum atomic E-state index is 0.513. The molecule has 2 fully saturated rings. The second-order valence-electron chi connectivity index (χ2n) is 7.38. The van der Waals surface area contributed by atoms with E-state index >= 15 is 0 Å². The lowest BCUT2D eigenvalue weighted by molar-refractivity contribution is 0.0643. The second kappa shape index (κ2) is 8.88. The first kappa shape index (κ1) is 17.7. The lowest BCUT2D eigenvalue weighted by Crippen LogP contribution is -2.52. The summed E-state index contributed by atoms with van der Waals surface area (Å²) in [4.78, 5) is 5.52. The standard InChI is InChI=1S/C18H35BrN2/c1-3-9-18(15-19,10-4-2)16-20-11-13-21(14-12-20)17-7-5-6-8-17/h17H,3-16H2,1-2H3. The van der Waals surface area contributed by atoms with Crippen LogP contribution in [0, 0.1) is 5.41 Å². The maximum Gasteiger partial charge on any atom is 0.0113 e. The van der Waals surface area contributed by atoms with Crippen molar-refractivity contribution in [2.75, 3.05) is 38.1 Å². The minimum Gasteiger partial charge on any atom is -0.300 e. The summed E-state index contributed by atoms with van der Waals surface area (Å²) < 4.78 is 0. The molecule has 1 aliphatic heterocycles. The summed E-state index contributed by atoms with van der Waals surface area (Å²) in [6.45, 7) is 11.2. The van der Waals surface area contributed by atoms with Gasteiger partial charge < -0.3 is 4.90 Å². The van der Waals surface area contributed by atoms with Gasteiger partial charge in [-0.25, -0.2) is 0 Å². The van der Waals surface area contributed by atoms with E-state index in [4.69, 9.17) is 0 Å². The van der Waals surface area contributed by atoms with Gasteiger partial charge in [-0.05, 0) is 31.1 Å². The van der Waals surface area contributed by atoms with E-state index in [9.17, 15) is 0 Å². The summed E-state index contributed by atoms with van der Waals surface area (Å²) in [5, 5.41) is 1.17. The van der Waals surface area contributed by atoms with Crippen LogP contribution in [0.1, 0.15) is 65.2 Å². The second-order valence-corrected chi connectivity index (χ2v) is 7.94. The molecule has 1 saturated heterocycles. The SMILES string of the molecule is CCCC(CBr)(CCC)CN1CCN(C2CCCC2)CC1. The van der Waals surface area contributed by atoms with Gasteiger partial charge in [-0.1, -0.05) is 55.5 Å². The number of hydrogen-bond acceptors (Lipinski definition) is 2. The van der Waals surface area contributed by atoms with E-state index in [1.165, 1.54) is 89.4 Å². The van der Waals surface area contributed by atoms with Crippen molar-refractivity contribution in [2.45, 2.75) is 71.3 Å². The Bertz CT molecular complexity index is 275. The maximum atomic E-state index is 3.83. The number of nitrogens with zero attached hydrogens (tertiary/aromatic N) is 2. The zero-order valence-electron chi connectivity index (χ0n) is 14.2. The van der Waals surface area contributed by atoms with Crippen LogP contribution >= 0.6 is 15.9 Å². The predicted octanol–water partition coefficient (Wildman–Crippen LogP) is 4.53. The van der Waals surface area contributed by atoms with Gasteiger partial charge >= 0.3 is 0 Å². The molecule has 3 heteroatoms. The first-order valence-electron chi connectivity index (χ1n) is 9.25. The first-order valence-corrected chi connectivity index (χ1v) is 10.4. The molecule has 0 N–H and O–H groups in total. The molecule has 1 aliphatic carbocycles. The molecule has 0 radical (unpaired) electrons. The molecular weight excluding hydrogens is 324 g/mol. The Morgan fingerprint density at radius 1 is 0.952 bits per heavy atom. The average molecular weight is 359 g/mol. The lowest BCUT2D eigenvalue weighted by Gasteiger charge is -2.43. The largest absolute Gasteiger partial charge is 0.300 e. The monoisotopic (exact) mass is 358 g/mol. The molecule has 0 bridgehead atoms. The van der Waals surface area contributed by atoms with Gasteiger partial charge in [0.2, 0.25) is 0 Å². The van der Waals surface area contributed by atoms with E-state index in [2.05, 4.69) is 39.6 Å². The molecule has 0 unspecified atom stereocenters. The summed E-state index contributed by atoms with van der Waals surface area (Å²) in [5.74, 6) is 0. The van der Waals surface area contributed by atoms with Crippen molar-refractivity contribution in [3.05, 3.63) is 0 Å². The van der Waals surface area contributed by atoms with E-state index in [1.54, 1.807) is 0 Å². The summed E-state index contributed by atoms with van der Waals surface area (Å²) in [5.41, 5.74) is 0.513. The summed E-state index contributed by atoms with van der Waals surface area (Å²) in [6.07, 6.45) is 11.2. The smallest absolute Gasteiger partial charge is 0.0113 e. The van der Waals surface area contributed by atoms with Gasteiger partial charge in [0.15, 0.2) is 0 Å². The van der Waals surface area contributed by atoms with Crippen molar-refractivity contribution in [3.63, 3.8) is 0 Å². The molecule has 1 saturated carbocycles. The highest BCUT2D eigenvalue weighted by atomic mass is 79.9. The fourth-order valence-electron chi connectivity index (χ4n) is 4.55. The van der Waals surface area contributed by atoms with Crippen molar-refractivity contribution in [1.29, 1.82) is 0 Å². The van der Waals surface area contributed by atoms with Crippen molar-refractivity contribution < 1.29 is 0 Å². The highest BCUT2D eigenvalue weighted by molar-refractivity contribution is 9.09. The van der Waals surface area contributed by atoms with Crippen LogP contribution in [0.25, 0.3) is 0 Å². The van der Waals surface area contributed by atoms with Crippen LogP contribution in [0.2, 0.25) is 0 Å². The van der Waals surface area contributed by atoms with Gasteiger partial charge in [-0.3, -0.25) is 4.90 Å². The predicted molar refractivity (Wildman–Crippen MR) is 96.3 cm³/mol. The summed E-state index contributed by atoms with van der Waals surface area (Å²) >= 11 is 3.83. The molecule has 0 atom stereocenters. The molecule has 0 aromatic heterocycles. The molecule has 2 aliphatic rings. The third-order valence-corrected chi connectivity index (χ3v) is 6.84. The van der Waals surface area contributed by atoms with E-state index < -0.39 is 0 Å². The number of piperazine rings is 1. The Labute approximate surface area is 140 Å². The highest BCUT2D eigenvalue weighted by Gasteiger charge is 2.32. The Hall–Kier alpha value is 0.400. The van der Waals surface area contributed by atoms with Gasteiger partial charge in [-0.15, -0.1) is 0 Å². The van der Waals surface area contributed by atoms with E-state index in [-0.39, 0.29) is 0 Å². The number of halogens is 1. The zero-order valence-corrected chi connectivity index (χ0v) is 15.8. The Balaban J connectivity index is 1.82. The Kier molecular flexibility index (Phi) is 7.51. The molecule has 2 nitrogen and oxygen atoms in total. The molecule has 21 heavy (non-hydrogen) atoms. The van der Waals surface area contributed by atoms with Crippen molar-refractivity contribution in [1.82, 2.24) is 9.80 Å².